The molecular formula is C28H37F2N3O5S. The normalized spacial score (nSPS) is 14.9. The maximum Gasteiger partial charge on any atom is 0.242 e. The van der Waals surface area contributed by atoms with E-state index < -0.39 is 27.7 Å². The Hall–Kier alpha value is -3.21. The zero-order chi connectivity index (χ0) is 28.6. The predicted molar refractivity (Wildman–Crippen MR) is 146 cm³/mol. The summed E-state index contributed by atoms with van der Waals surface area (Å²) in [5, 5.41) is 3.08. The van der Waals surface area contributed by atoms with Gasteiger partial charge in [0.2, 0.25) is 21.8 Å². The molecule has 0 unspecified atom stereocenters. The minimum Gasteiger partial charge on any atom is -0.497 e. The molecule has 0 bridgehead atoms. The standard InChI is InChI=1S/C28H37F2N3O5S/c1-20(28(35)31-22-8-5-4-6-9-22)32(19-21-11-14-24(38-2)15-12-21)27(34)10-7-17-33(39(3,36)37)23-13-16-25(29)26(30)18-23/h11-16,18,20,22H,4-10,17,19H2,1-3H3,(H,31,35)/t20-/m1/s1. The van der Waals surface area contributed by atoms with E-state index >= 15 is 0 Å². The zero-order valence-corrected chi connectivity index (χ0v) is 23.5. The number of nitrogens with zero attached hydrogens (tertiary/aromatic N) is 2. The number of hydrogen-bond donors (Lipinski definition) is 1. The van der Waals surface area contributed by atoms with Crippen molar-refractivity contribution in [2.45, 2.75) is 70.5 Å². The second-order valence-corrected chi connectivity index (χ2v) is 11.8. The number of halogens is 2. The number of amides is 2. The summed E-state index contributed by atoms with van der Waals surface area (Å²) >= 11 is 0. The van der Waals surface area contributed by atoms with Gasteiger partial charge >= 0.3 is 0 Å². The first kappa shape index (κ1) is 30.3. The molecule has 0 radical (unpaired) electrons. The first-order valence-corrected chi connectivity index (χ1v) is 15.0. The van der Waals surface area contributed by atoms with E-state index in [-0.39, 0.29) is 49.5 Å². The third-order valence-electron chi connectivity index (χ3n) is 6.97. The van der Waals surface area contributed by atoms with Gasteiger partial charge in [0, 0.05) is 31.6 Å². The van der Waals surface area contributed by atoms with E-state index in [2.05, 4.69) is 5.32 Å². The van der Waals surface area contributed by atoms with Gasteiger partial charge in [-0.05, 0) is 56.0 Å². The fourth-order valence-corrected chi connectivity index (χ4v) is 5.68. The molecule has 2 aromatic rings. The fourth-order valence-electron chi connectivity index (χ4n) is 4.72. The number of methoxy groups -OCH3 is 1. The van der Waals surface area contributed by atoms with Crippen LogP contribution in [0, 0.1) is 11.6 Å². The predicted octanol–water partition coefficient (Wildman–Crippen LogP) is 4.39. The number of rotatable bonds is 12. The van der Waals surface area contributed by atoms with E-state index in [4.69, 9.17) is 4.74 Å². The van der Waals surface area contributed by atoms with Crippen molar-refractivity contribution in [2.24, 2.45) is 0 Å². The van der Waals surface area contributed by atoms with Gasteiger partial charge in [0.25, 0.3) is 0 Å². The van der Waals surface area contributed by atoms with Crippen LogP contribution in [0.2, 0.25) is 0 Å². The maximum atomic E-state index is 13.8. The summed E-state index contributed by atoms with van der Waals surface area (Å²) in [6.45, 7) is 1.75. The summed E-state index contributed by atoms with van der Waals surface area (Å²) in [7, 11) is -2.27. The van der Waals surface area contributed by atoms with Gasteiger partial charge in [-0.2, -0.15) is 0 Å². The van der Waals surface area contributed by atoms with E-state index in [9.17, 15) is 26.8 Å². The molecule has 2 amide bonds. The van der Waals surface area contributed by atoms with Crippen molar-refractivity contribution in [1.29, 1.82) is 0 Å². The lowest BCUT2D eigenvalue weighted by atomic mass is 9.95. The van der Waals surface area contributed by atoms with E-state index in [0.717, 1.165) is 60.4 Å². The van der Waals surface area contributed by atoms with Crippen LogP contribution in [0.1, 0.15) is 57.4 Å². The van der Waals surface area contributed by atoms with Crippen LogP contribution >= 0.6 is 0 Å². The zero-order valence-electron chi connectivity index (χ0n) is 22.7. The Bertz CT molecular complexity index is 1230. The summed E-state index contributed by atoms with van der Waals surface area (Å²) in [6, 6.07) is 9.37. The summed E-state index contributed by atoms with van der Waals surface area (Å²) < 4.78 is 58.0. The third kappa shape index (κ3) is 8.64. The molecule has 1 aliphatic carbocycles. The van der Waals surface area contributed by atoms with Crippen LogP contribution in [-0.4, -0.2) is 57.1 Å². The van der Waals surface area contributed by atoms with Crippen molar-refractivity contribution in [2.75, 3.05) is 24.2 Å². The van der Waals surface area contributed by atoms with Gasteiger partial charge in [0.05, 0.1) is 19.1 Å². The molecule has 1 N–H and O–H groups in total. The van der Waals surface area contributed by atoms with Crippen LogP contribution < -0.4 is 14.4 Å². The highest BCUT2D eigenvalue weighted by molar-refractivity contribution is 7.92. The maximum absolute atomic E-state index is 13.8. The molecule has 0 heterocycles. The van der Waals surface area contributed by atoms with Crippen LogP contribution in [0.15, 0.2) is 42.5 Å². The summed E-state index contributed by atoms with van der Waals surface area (Å²) in [6.07, 6.45) is 6.12. The summed E-state index contributed by atoms with van der Waals surface area (Å²) in [5.74, 6) is -2.14. The molecule has 1 fully saturated rings. The first-order valence-electron chi connectivity index (χ1n) is 13.1. The number of benzene rings is 2. The highest BCUT2D eigenvalue weighted by Crippen LogP contribution is 2.22. The van der Waals surface area contributed by atoms with Crippen molar-refractivity contribution in [1.82, 2.24) is 10.2 Å². The van der Waals surface area contributed by atoms with Gasteiger partial charge in [-0.15, -0.1) is 0 Å². The first-order chi connectivity index (χ1) is 18.5. The highest BCUT2D eigenvalue weighted by Gasteiger charge is 2.28. The van der Waals surface area contributed by atoms with Crippen LogP contribution in [0.3, 0.4) is 0 Å². The van der Waals surface area contributed by atoms with Gasteiger partial charge in [-0.1, -0.05) is 31.4 Å². The number of hydrogen-bond acceptors (Lipinski definition) is 5. The van der Waals surface area contributed by atoms with Crippen molar-refractivity contribution >= 4 is 27.5 Å². The Labute approximate surface area is 229 Å². The molecule has 2 aromatic carbocycles. The molecule has 3 rings (SSSR count). The van der Waals surface area contributed by atoms with Crippen LogP contribution in [-0.2, 0) is 26.2 Å². The molecule has 0 aliphatic heterocycles. The lowest BCUT2D eigenvalue weighted by Gasteiger charge is -2.31. The molecule has 0 spiro atoms. The molecule has 1 atom stereocenters. The van der Waals surface area contributed by atoms with E-state index in [0.29, 0.717) is 5.75 Å². The molecule has 1 saturated carbocycles. The van der Waals surface area contributed by atoms with Gasteiger partial charge in [-0.25, -0.2) is 17.2 Å². The Kier molecular flexibility index (Phi) is 10.7. The van der Waals surface area contributed by atoms with Crippen molar-refractivity contribution in [3.8, 4) is 5.75 Å². The topological polar surface area (TPSA) is 96.0 Å². The molecule has 11 heteroatoms. The highest BCUT2D eigenvalue weighted by atomic mass is 32.2. The molecular weight excluding hydrogens is 528 g/mol. The average molecular weight is 566 g/mol. The fraction of sp³-hybridized carbons (Fsp3) is 0.500. The van der Waals surface area contributed by atoms with Gasteiger partial charge in [0.1, 0.15) is 11.8 Å². The van der Waals surface area contributed by atoms with Crippen LogP contribution in [0.5, 0.6) is 5.75 Å². The smallest absolute Gasteiger partial charge is 0.242 e. The van der Waals surface area contributed by atoms with Gasteiger partial charge < -0.3 is 15.0 Å². The molecule has 0 saturated heterocycles. The van der Waals surface area contributed by atoms with E-state index in [1.165, 1.54) is 11.0 Å². The Balaban J connectivity index is 1.73. The van der Waals surface area contributed by atoms with Gasteiger partial charge in [0.15, 0.2) is 11.6 Å². The Morgan fingerprint density at radius 2 is 1.72 bits per heavy atom. The molecule has 8 nitrogen and oxygen atoms in total. The monoisotopic (exact) mass is 565 g/mol. The second-order valence-electron chi connectivity index (χ2n) is 9.93. The van der Waals surface area contributed by atoms with Crippen molar-refractivity contribution in [3.63, 3.8) is 0 Å². The molecule has 0 aromatic heterocycles. The van der Waals surface area contributed by atoms with Crippen LogP contribution in [0.4, 0.5) is 14.5 Å². The van der Waals surface area contributed by atoms with Crippen molar-refractivity contribution < 1.29 is 31.5 Å². The number of carbonyl (C=O) groups is 2. The lowest BCUT2D eigenvalue weighted by Crippen LogP contribution is -2.50. The van der Waals surface area contributed by atoms with E-state index in [1.54, 1.807) is 26.2 Å². The number of nitrogens with one attached hydrogen (secondary N) is 1. The number of carbonyl (C=O) groups excluding carboxylic acids is 2. The molecule has 39 heavy (non-hydrogen) atoms. The summed E-state index contributed by atoms with van der Waals surface area (Å²) in [4.78, 5) is 28.0. The minimum atomic E-state index is -3.82. The van der Waals surface area contributed by atoms with E-state index in [1.807, 2.05) is 12.1 Å². The Morgan fingerprint density at radius 3 is 2.31 bits per heavy atom. The average Bonchev–Trinajstić information content (AvgIpc) is 2.91. The largest absolute Gasteiger partial charge is 0.497 e. The van der Waals surface area contributed by atoms with Crippen molar-refractivity contribution in [3.05, 3.63) is 59.7 Å². The van der Waals surface area contributed by atoms with Gasteiger partial charge in [-0.3, -0.25) is 13.9 Å². The Morgan fingerprint density at radius 1 is 1.05 bits per heavy atom. The number of anilines is 1. The second kappa shape index (κ2) is 13.7. The third-order valence-corrected chi connectivity index (χ3v) is 8.17. The number of ether oxygens (including phenoxy) is 1. The van der Waals surface area contributed by atoms with Crippen LogP contribution in [0.25, 0.3) is 0 Å². The quantitative estimate of drug-likeness (QED) is 0.412. The number of sulfonamides is 1. The lowest BCUT2D eigenvalue weighted by molar-refractivity contribution is -0.141. The summed E-state index contributed by atoms with van der Waals surface area (Å²) in [5.41, 5.74) is 0.778. The molecule has 214 valence electrons. The SMILES string of the molecule is COc1ccc(CN(C(=O)CCCN(c2ccc(F)c(F)c2)S(C)(=O)=O)[C@H](C)C(=O)NC2CCCCC2)cc1. The minimum absolute atomic E-state index is 0.0286. The molecule has 1 aliphatic rings.